The number of hydrogen-bond donors (Lipinski definition) is 0. The maximum Gasteiger partial charge on any atom is 0.316 e. The molecule has 3 heterocycles. The van der Waals surface area contributed by atoms with E-state index in [0.717, 1.165) is 55.1 Å². The highest BCUT2D eigenvalue weighted by atomic mass is 16.5. The first-order valence-corrected chi connectivity index (χ1v) is 8.36. The van der Waals surface area contributed by atoms with Crippen LogP contribution in [-0.4, -0.2) is 58.1 Å². The van der Waals surface area contributed by atoms with E-state index in [0.29, 0.717) is 6.01 Å². The molecule has 1 fully saturated rings. The lowest BCUT2D eigenvalue weighted by Gasteiger charge is -2.35. The van der Waals surface area contributed by atoms with E-state index in [-0.39, 0.29) is 0 Å². The first kappa shape index (κ1) is 15.7. The number of aromatic nitrogens is 4. The molecule has 0 atom stereocenters. The fourth-order valence-corrected chi connectivity index (χ4v) is 3.02. The number of ether oxygens (including phenoxy) is 1. The summed E-state index contributed by atoms with van der Waals surface area (Å²) in [6.45, 7) is 4.66. The zero-order valence-electron chi connectivity index (χ0n) is 14.2. The zero-order valence-corrected chi connectivity index (χ0v) is 14.2. The predicted molar refractivity (Wildman–Crippen MR) is 95.6 cm³/mol. The van der Waals surface area contributed by atoms with Gasteiger partial charge in [-0.25, -0.2) is 15.0 Å². The van der Waals surface area contributed by atoms with Crippen molar-refractivity contribution in [3.05, 3.63) is 48.4 Å². The summed E-state index contributed by atoms with van der Waals surface area (Å²) in [4.78, 5) is 22.3. The summed E-state index contributed by atoms with van der Waals surface area (Å²) in [5.74, 6) is 0.950. The van der Waals surface area contributed by atoms with Gasteiger partial charge in [-0.2, -0.15) is 0 Å². The van der Waals surface area contributed by atoms with E-state index in [1.807, 2.05) is 42.9 Å². The minimum absolute atomic E-state index is 0.406. The molecule has 0 amide bonds. The largest absolute Gasteiger partial charge is 0.467 e. The fraction of sp³-hybridized carbons (Fsp3) is 0.333. The number of rotatable bonds is 4. The number of benzene rings is 1. The SMILES string of the molecule is COc1ncc(CN2CCN(c3cnc4ccccc4n3)CC2)cn1. The van der Waals surface area contributed by atoms with Gasteiger partial charge in [0.1, 0.15) is 5.82 Å². The van der Waals surface area contributed by atoms with Crippen LogP contribution in [0.25, 0.3) is 11.0 Å². The van der Waals surface area contributed by atoms with Crippen molar-refractivity contribution in [1.29, 1.82) is 0 Å². The van der Waals surface area contributed by atoms with Crippen LogP contribution >= 0.6 is 0 Å². The van der Waals surface area contributed by atoms with Crippen LogP contribution in [-0.2, 0) is 6.54 Å². The van der Waals surface area contributed by atoms with Crippen LogP contribution in [0.5, 0.6) is 6.01 Å². The van der Waals surface area contributed by atoms with Crippen LogP contribution in [0.4, 0.5) is 5.82 Å². The quantitative estimate of drug-likeness (QED) is 0.719. The molecule has 128 valence electrons. The molecule has 3 aromatic rings. The lowest BCUT2D eigenvalue weighted by atomic mass is 10.2. The second-order valence-electron chi connectivity index (χ2n) is 6.06. The Kier molecular flexibility index (Phi) is 4.39. The number of fused-ring (bicyclic) bond motifs is 1. The summed E-state index contributed by atoms with van der Waals surface area (Å²) in [5.41, 5.74) is 2.97. The summed E-state index contributed by atoms with van der Waals surface area (Å²) in [6, 6.07) is 8.38. The Morgan fingerprint density at radius 3 is 2.36 bits per heavy atom. The van der Waals surface area contributed by atoms with Crippen molar-refractivity contribution in [2.24, 2.45) is 0 Å². The summed E-state index contributed by atoms with van der Waals surface area (Å²) >= 11 is 0. The third kappa shape index (κ3) is 3.51. The number of hydrogen-bond acceptors (Lipinski definition) is 7. The maximum absolute atomic E-state index is 5.00. The van der Waals surface area contributed by atoms with Crippen LogP contribution in [0, 0.1) is 0 Å². The highest BCUT2D eigenvalue weighted by Crippen LogP contribution is 2.17. The van der Waals surface area contributed by atoms with Gasteiger partial charge in [0.2, 0.25) is 0 Å². The van der Waals surface area contributed by atoms with E-state index in [9.17, 15) is 0 Å². The van der Waals surface area contributed by atoms with Crippen LogP contribution < -0.4 is 9.64 Å². The molecule has 1 saturated heterocycles. The molecule has 0 radical (unpaired) electrons. The zero-order chi connectivity index (χ0) is 17.1. The summed E-state index contributed by atoms with van der Waals surface area (Å²) in [7, 11) is 1.57. The van der Waals surface area contributed by atoms with Gasteiger partial charge in [-0.05, 0) is 12.1 Å². The van der Waals surface area contributed by atoms with Crippen LogP contribution in [0.15, 0.2) is 42.9 Å². The Morgan fingerprint density at radius 1 is 0.920 bits per heavy atom. The van der Waals surface area contributed by atoms with Gasteiger partial charge in [0.05, 0.1) is 24.3 Å². The lowest BCUT2D eigenvalue weighted by Crippen LogP contribution is -2.46. The lowest BCUT2D eigenvalue weighted by molar-refractivity contribution is 0.248. The van der Waals surface area contributed by atoms with E-state index < -0.39 is 0 Å². The average Bonchev–Trinajstić information content (AvgIpc) is 2.69. The second-order valence-corrected chi connectivity index (χ2v) is 6.06. The number of para-hydroxylation sites is 2. The summed E-state index contributed by atoms with van der Waals surface area (Å²) < 4.78 is 5.00. The normalized spacial score (nSPS) is 15.5. The number of piperazine rings is 1. The van der Waals surface area contributed by atoms with E-state index in [1.165, 1.54) is 0 Å². The van der Waals surface area contributed by atoms with Crippen molar-refractivity contribution in [1.82, 2.24) is 24.8 Å². The van der Waals surface area contributed by atoms with Crippen molar-refractivity contribution < 1.29 is 4.74 Å². The van der Waals surface area contributed by atoms with Gasteiger partial charge in [0.15, 0.2) is 0 Å². The Balaban J connectivity index is 1.38. The molecule has 2 aromatic heterocycles. The van der Waals surface area contributed by atoms with Gasteiger partial charge in [-0.3, -0.25) is 9.88 Å². The molecule has 7 nitrogen and oxygen atoms in total. The molecule has 25 heavy (non-hydrogen) atoms. The number of anilines is 1. The van der Waals surface area contributed by atoms with E-state index in [4.69, 9.17) is 9.72 Å². The monoisotopic (exact) mass is 336 g/mol. The third-order valence-electron chi connectivity index (χ3n) is 4.40. The van der Waals surface area contributed by atoms with Gasteiger partial charge >= 0.3 is 6.01 Å². The Bertz CT molecular complexity index is 846. The predicted octanol–water partition coefficient (Wildman–Crippen LogP) is 1.75. The fourth-order valence-electron chi connectivity index (χ4n) is 3.02. The number of methoxy groups -OCH3 is 1. The van der Waals surface area contributed by atoms with Gasteiger partial charge in [0.25, 0.3) is 0 Å². The van der Waals surface area contributed by atoms with Crippen molar-refractivity contribution in [2.75, 3.05) is 38.2 Å². The third-order valence-corrected chi connectivity index (χ3v) is 4.40. The minimum atomic E-state index is 0.406. The first-order chi connectivity index (χ1) is 12.3. The molecule has 0 N–H and O–H groups in total. The molecular formula is C18H20N6O. The topological polar surface area (TPSA) is 67.3 Å². The average molecular weight is 336 g/mol. The van der Waals surface area contributed by atoms with E-state index >= 15 is 0 Å². The van der Waals surface area contributed by atoms with Crippen molar-refractivity contribution in [3.8, 4) is 6.01 Å². The molecule has 0 spiro atoms. The minimum Gasteiger partial charge on any atom is -0.467 e. The molecule has 1 aromatic carbocycles. The van der Waals surface area contributed by atoms with Crippen molar-refractivity contribution in [3.63, 3.8) is 0 Å². The van der Waals surface area contributed by atoms with E-state index in [1.54, 1.807) is 7.11 Å². The van der Waals surface area contributed by atoms with Gasteiger partial charge in [-0.15, -0.1) is 0 Å². The summed E-state index contributed by atoms with van der Waals surface area (Å²) in [5, 5.41) is 0. The highest BCUT2D eigenvalue weighted by Gasteiger charge is 2.19. The summed E-state index contributed by atoms with van der Waals surface area (Å²) in [6.07, 6.45) is 5.52. The molecule has 0 aliphatic carbocycles. The maximum atomic E-state index is 5.00. The van der Waals surface area contributed by atoms with Crippen LogP contribution in [0.3, 0.4) is 0 Å². The highest BCUT2D eigenvalue weighted by molar-refractivity contribution is 5.75. The molecule has 1 aliphatic rings. The smallest absolute Gasteiger partial charge is 0.316 e. The Hall–Kier alpha value is -2.80. The Labute approximate surface area is 146 Å². The standard InChI is InChI=1S/C18H20N6O/c1-25-18-20-10-14(11-21-18)13-23-6-8-24(9-7-23)17-12-19-15-4-2-3-5-16(15)22-17/h2-5,10-12H,6-9,13H2,1H3. The molecular weight excluding hydrogens is 316 g/mol. The molecule has 0 unspecified atom stereocenters. The van der Waals surface area contributed by atoms with Crippen molar-refractivity contribution >= 4 is 16.9 Å². The van der Waals surface area contributed by atoms with Gasteiger partial charge in [-0.1, -0.05) is 12.1 Å². The molecule has 4 rings (SSSR count). The van der Waals surface area contributed by atoms with E-state index in [2.05, 4.69) is 24.8 Å². The van der Waals surface area contributed by atoms with Crippen LogP contribution in [0.2, 0.25) is 0 Å². The molecule has 0 saturated carbocycles. The van der Waals surface area contributed by atoms with Crippen molar-refractivity contribution in [2.45, 2.75) is 6.54 Å². The van der Waals surface area contributed by atoms with Gasteiger partial charge in [0, 0.05) is 50.7 Å². The Morgan fingerprint density at radius 2 is 1.64 bits per heavy atom. The number of nitrogens with zero attached hydrogens (tertiary/aromatic N) is 6. The molecule has 1 aliphatic heterocycles. The first-order valence-electron chi connectivity index (χ1n) is 8.36. The van der Waals surface area contributed by atoms with Crippen LogP contribution in [0.1, 0.15) is 5.56 Å². The molecule has 7 heteroatoms. The molecule has 0 bridgehead atoms. The second kappa shape index (κ2) is 6.98. The van der Waals surface area contributed by atoms with Gasteiger partial charge < -0.3 is 9.64 Å².